The number of hydrogen-bond acceptors (Lipinski definition) is 1. The highest BCUT2D eigenvalue weighted by Crippen LogP contribution is 2.56. The highest BCUT2D eigenvalue weighted by atomic mass is 15.0. The van der Waals surface area contributed by atoms with Crippen LogP contribution in [-0.2, 0) is 0 Å². The average molecular weight is 418 g/mol. The average Bonchev–Trinajstić information content (AvgIpc) is 3.36. The van der Waals surface area contributed by atoms with E-state index in [2.05, 4.69) is 71.2 Å². The van der Waals surface area contributed by atoms with Gasteiger partial charge >= 0.3 is 0 Å². The molecule has 6 rings (SSSR count). The molecule has 2 saturated carbocycles. The molecule has 0 saturated heterocycles. The Bertz CT molecular complexity index is 835. The first-order chi connectivity index (χ1) is 14.6. The third-order valence-electron chi connectivity index (χ3n) is 10.1. The minimum Gasteiger partial charge on any atom is -0.309 e. The Morgan fingerprint density at radius 3 is 1.52 bits per heavy atom. The molecule has 1 nitrogen and oxygen atoms in total. The maximum absolute atomic E-state index is 4.33. The molecule has 0 amide bonds. The van der Waals surface area contributed by atoms with Crippen LogP contribution in [-0.4, -0.2) is 12.1 Å². The Kier molecular flexibility index (Phi) is 4.45. The number of fused-ring (bicyclic) bond motifs is 4. The summed E-state index contributed by atoms with van der Waals surface area (Å²) >= 11 is 0. The van der Waals surface area contributed by atoms with Crippen molar-refractivity contribution in [3.63, 3.8) is 0 Å². The summed E-state index contributed by atoms with van der Waals surface area (Å²) in [6, 6.07) is 1.29. The minimum absolute atomic E-state index is 0.471. The third-order valence-corrected chi connectivity index (χ3v) is 10.1. The maximum Gasteiger partial charge on any atom is 0.0164 e. The van der Waals surface area contributed by atoms with Gasteiger partial charge in [-0.15, -0.1) is 0 Å². The molecule has 0 bridgehead atoms. The van der Waals surface area contributed by atoms with E-state index in [1.165, 1.54) is 38.5 Å². The number of hydrogen-bond donors (Lipinski definition) is 1. The number of allylic oxidation sites excluding steroid dienone is 6. The number of rotatable bonds is 2. The van der Waals surface area contributed by atoms with Crippen LogP contribution in [0.3, 0.4) is 0 Å². The highest BCUT2D eigenvalue weighted by Gasteiger charge is 2.51. The van der Waals surface area contributed by atoms with E-state index in [1.807, 2.05) is 11.1 Å². The molecule has 1 heteroatoms. The molecule has 0 spiro atoms. The van der Waals surface area contributed by atoms with Gasteiger partial charge in [-0.2, -0.15) is 0 Å². The van der Waals surface area contributed by atoms with E-state index in [1.54, 1.807) is 11.1 Å². The lowest BCUT2D eigenvalue weighted by molar-refractivity contribution is 0.275. The summed E-state index contributed by atoms with van der Waals surface area (Å²) in [5.41, 5.74) is 7.97. The van der Waals surface area contributed by atoms with Crippen molar-refractivity contribution in [3.8, 4) is 0 Å². The third kappa shape index (κ3) is 3.20. The van der Waals surface area contributed by atoms with Crippen LogP contribution in [0.4, 0.5) is 0 Å². The monoisotopic (exact) mass is 417 g/mol. The van der Waals surface area contributed by atoms with Gasteiger partial charge in [0.25, 0.3) is 0 Å². The summed E-state index contributed by atoms with van der Waals surface area (Å²) in [6.45, 7) is 14.9. The van der Waals surface area contributed by atoms with Gasteiger partial charge in [-0.1, -0.05) is 77.0 Å². The molecule has 0 aromatic rings. The van der Waals surface area contributed by atoms with Crippen LogP contribution in [0.1, 0.15) is 80.1 Å². The van der Waals surface area contributed by atoms with Gasteiger partial charge in [0.05, 0.1) is 0 Å². The minimum atomic E-state index is 0.471. The molecule has 8 atom stereocenters. The molecule has 31 heavy (non-hydrogen) atoms. The highest BCUT2D eigenvalue weighted by molar-refractivity contribution is 5.42. The Hall–Kier alpha value is -1.08. The van der Waals surface area contributed by atoms with Crippen LogP contribution in [0.5, 0.6) is 0 Å². The van der Waals surface area contributed by atoms with Crippen LogP contribution < -0.4 is 5.32 Å². The topological polar surface area (TPSA) is 12.0 Å². The van der Waals surface area contributed by atoms with E-state index >= 15 is 0 Å². The molecule has 0 aliphatic heterocycles. The Labute approximate surface area is 190 Å². The Morgan fingerprint density at radius 2 is 1.10 bits per heavy atom. The second-order valence-electron chi connectivity index (χ2n) is 13.9. The maximum atomic E-state index is 4.33. The molecule has 2 fully saturated rings. The Balaban J connectivity index is 1.21. The second-order valence-corrected chi connectivity index (χ2v) is 13.9. The molecule has 0 radical (unpaired) electrons. The molecule has 168 valence electrons. The molecule has 8 unspecified atom stereocenters. The van der Waals surface area contributed by atoms with Crippen LogP contribution in [0.15, 0.2) is 46.6 Å². The first-order valence-electron chi connectivity index (χ1n) is 13.2. The summed E-state index contributed by atoms with van der Waals surface area (Å²) in [7, 11) is 0. The normalized spacial score (nSPS) is 46.4. The van der Waals surface area contributed by atoms with E-state index in [0.717, 1.165) is 23.7 Å². The lowest BCUT2D eigenvalue weighted by Gasteiger charge is -2.35. The SMILES string of the molecule is CC1CC2C3=C(C=CC2C1NC1C(C)CC2C4=C(C=CC21)CC(C)(C)C4)CC(C)(C)C3. The molecule has 0 aromatic carbocycles. The van der Waals surface area contributed by atoms with Gasteiger partial charge in [0, 0.05) is 12.1 Å². The van der Waals surface area contributed by atoms with Crippen molar-refractivity contribution in [2.75, 3.05) is 0 Å². The summed E-state index contributed by atoms with van der Waals surface area (Å²) < 4.78 is 0. The second kappa shape index (κ2) is 6.72. The summed E-state index contributed by atoms with van der Waals surface area (Å²) in [6.07, 6.45) is 18.3. The van der Waals surface area contributed by atoms with E-state index in [9.17, 15) is 0 Å². The van der Waals surface area contributed by atoms with Crippen molar-refractivity contribution in [1.29, 1.82) is 0 Å². The van der Waals surface area contributed by atoms with Crippen LogP contribution >= 0.6 is 0 Å². The van der Waals surface area contributed by atoms with E-state index in [-0.39, 0.29) is 0 Å². The predicted octanol–water partition coefficient (Wildman–Crippen LogP) is 7.23. The standard InChI is InChI=1S/C30H43N/c1-17-11-23-21(9-7-19-13-29(3,4)15-25(19)23)27(17)31-28-18(2)12-24-22(28)10-8-20-14-30(5,6)16-26(20)24/h7-10,17-18,21-24,27-28,31H,11-16H2,1-6H3. The smallest absolute Gasteiger partial charge is 0.0164 e. The zero-order valence-electron chi connectivity index (χ0n) is 20.7. The fraction of sp³-hybridized carbons (Fsp3) is 0.733. The fourth-order valence-corrected chi connectivity index (χ4v) is 8.86. The van der Waals surface area contributed by atoms with Crippen molar-refractivity contribution < 1.29 is 0 Å². The summed E-state index contributed by atoms with van der Waals surface area (Å²) in [4.78, 5) is 0. The number of nitrogens with one attached hydrogen (secondary N) is 1. The van der Waals surface area contributed by atoms with E-state index < -0.39 is 0 Å². The van der Waals surface area contributed by atoms with Gasteiger partial charge in [0.1, 0.15) is 0 Å². The first-order valence-corrected chi connectivity index (χ1v) is 13.2. The molecule has 1 N–H and O–H groups in total. The first kappa shape index (κ1) is 20.5. The van der Waals surface area contributed by atoms with Gasteiger partial charge < -0.3 is 5.32 Å². The predicted molar refractivity (Wildman–Crippen MR) is 131 cm³/mol. The molecular weight excluding hydrogens is 374 g/mol. The van der Waals surface area contributed by atoms with Crippen molar-refractivity contribution in [1.82, 2.24) is 5.32 Å². The van der Waals surface area contributed by atoms with E-state index in [4.69, 9.17) is 0 Å². The van der Waals surface area contributed by atoms with E-state index in [0.29, 0.717) is 34.7 Å². The van der Waals surface area contributed by atoms with Crippen LogP contribution in [0.25, 0.3) is 0 Å². The van der Waals surface area contributed by atoms with Crippen LogP contribution in [0.2, 0.25) is 0 Å². The zero-order valence-corrected chi connectivity index (χ0v) is 20.7. The van der Waals surface area contributed by atoms with Gasteiger partial charge in [-0.25, -0.2) is 0 Å². The van der Waals surface area contributed by atoms with Crippen LogP contribution in [0, 0.1) is 46.3 Å². The van der Waals surface area contributed by atoms with Crippen molar-refractivity contribution >= 4 is 0 Å². The molecular formula is C30H43N. The zero-order chi connectivity index (χ0) is 21.7. The summed E-state index contributed by atoms with van der Waals surface area (Å²) in [5.74, 6) is 4.56. The van der Waals surface area contributed by atoms with Gasteiger partial charge in [0.15, 0.2) is 0 Å². The largest absolute Gasteiger partial charge is 0.309 e. The molecule has 6 aliphatic rings. The molecule has 0 aromatic heterocycles. The Morgan fingerprint density at radius 1 is 0.677 bits per heavy atom. The van der Waals surface area contributed by atoms with Gasteiger partial charge in [-0.05, 0) is 96.0 Å². The molecule has 0 heterocycles. The van der Waals surface area contributed by atoms with Gasteiger partial charge in [0.2, 0.25) is 0 Å². The quantitative estimate of drug-likeness (QED) is 0.499. The summed E-state index contributed by atoms with van der Waals surface area (Å²) in [5, 5.41) is 4.33. The lowest BCUT2D eigenvalue weighted by Crippen LogP contribution is -2.48. The fourth-order valence-electron chi connectivity index (χ4n) is 8.86. The molecule has 6 aliphatic carbocycles. The lowest BCUT2D eigenvalue weighted by atomic mass is 9.79. The van der Waals surface area contributed by atoms with Gasteiger partial charge in [-0.3, -0.25) is 0 Å². The van der Waals surface area contributed by atoms with Crippen molar-refractivity contribution in [2.24, 2.45) is 46.3 Å². The van der Waals surface area contributed by atoms with Crippen molar-refractivity contribution in [3.05, 3.63) is 46.6 Å². The van der Waals surface area contributed by atoms with Crippen molar-refractivity contribution in [2.45, 2.75) is 92.2 Å².